The zero-order valence-electron chi connectivity index (χ0n) is 10.4. The summed E-state index contributed by atoms with van der Waals surface area (Å²) in [7, 11) is 0. The van der Waals surface area contributed by atoms with Gasteiger partial charge in [-0.1, -0.05) is 12.1 Å². The van der Waals surface area contributed by atoms with Crippen LogP contribution in [0.1, 0.15) is 27.0 Å². The van der Waals surface area contributed by atoms with Crippen LogP contribution < -0.4 is 0 Å². The quantitative estimate of drug-likeness (QED) is 0.893. The van der Waals surface area contributed by atoms with Gasteiger partial charge in [-0.2, -0.15) is 0 Å². The number of aryl methyl sites for hydroxylation is 1. The molecule has 0 amide bonds. The minimum Gasteiger partial charge on any atom is -0.478 e. The van der Waals surface area contributed by atoms with Gasteiger partial charge in [0.2, 0.25) is 0 Å². The molecule has 0 unspecified atom stereocenters. The van der Waals surface area contributed by atoms with E-state index in [1.165, 1.54) is 0 Å². The van der Waals surface area contributed by atoms with Crippen molar-refractivity contribution in [1.29, 1.82) is 0 Å². The molecule has 4 nitrogen and oxygen atoms in total. The summed E-state index contributed by atoms with van der Waals surface area (Å²) in [6.45, 7) is 2.00. The minimum absolute atomic E-state index is 0.258. The Morgan fingerprint density at radius 1 is 1.32 bits per heavy atom. The van der Waals surface area contributed by atoms with E-state index >= 15 is 0 Å². The normalized spacial score (nSPS) is 13.0. The second kappa shape index (κ2) is 4.31. The number of hydrogen-bond acceptors (Lipinski definition) is 3. The first-order valence-electron chi connectivity index (χ1n) is 6.00. The topological polar surface area (TPSA) is 62.5 Å². The smallest absolute Gasteiger partial charge is 0.337 e. The van der Waals surface area contributed by atoms with Crippen LogP contribution in [-0.4, -0.2) is 21.8 Å². The summed E-state index contributed by atoms with van der Waals surface area (Å²) < 4.78 is 0. The van der Waals surface area contributed by atoms with Gasteiger partial charge in [-0.05, 0) is 30.2 Å². The lowest BCUT2D eigenvalue weighted by molar-refractivity contribution is 0.0698. The number of carboxylic acids is 1. The number of carboxylic acid groups (broad SMARTS) is 1. The highest BCUT2D eigenvalue weighted by atomic mass is 16.4. The third-order valence-electron chi connectivity index (χ3n) is 3.30. The molecule has 0 spiro atoms. The van der Waals surface area contributed by atoms with Crippen molar-refractivity contribution in [3.63, 3.8) is 0 Å². The van der Waals surface area contributed by atoms with Crippen LogP contribution in [0.15, 0.2) is 41.7 Å². The van der Waals surface area contributed by atoms with Gasteiger partial charge in [0, 0.05) is 24.4 Å². The molecule has 3 rings (SSSR count). The number of aromatic nitrogens is 1. The Hall–Kier alpha value is -2.49. The molecule has 2 heterocycles. The molecule has 0 radical (unpaired) electrons. The van der Waals surface area contributed by atoms with E-state index in [4.69, 9.17) is 0 Å². The molecule has 0 saturated carbocycles. The maximum absolute atomic E-state index is 11.2. The predicted molar refractivity (Wildman–Crippen MR) is 72.3 cm³/mol. The summed E-state index contributed by atoms with van der Waals surface area (Å²) in [5.74, 6) is -0.940. The molecule has 0 atom stereocenters. The number of benzene rings is 1. The number of aromatic carboxylic acids is 1. The van der Waals surface area contributed by atoms with Crippen LogP contribution in [0.5, 0.6) is 0 Å². The van der Waals surface area contributed by atoms with Gasteiger partial charge in [0.15, 0.2) is 0 Å². The Morgan fingerprint density at radius 2 is 2.16 bits per heavy atom. The fraction of sp³-hybridized carbons (Fsp3) is 0.133. The Bertz CT molecular complexity index is 705. The van der Waals surface area contributed by atoms with Crippen LogP contribution in [0.3, 0.4) is 0 Å². The summed E-state index contributed by atoms with van der Waals surface area (Å²) in [6, 6.07) is 7.20. The van der Waals surface area contributed by atoms with E-state index in [-0.39, 0.29) is 5.56 Å². The zero-order valence-corrected chi connectivity index (χ0v) is 10.4. The van der Waals surface area contributed by atoms with Crippen molar-refractivity contribution in [3.8, 4) is 0 Å². The van der Waals surface area contributed by atoms with E-state index < -0.39 is 5.97 Å². The number of aliphatic imine (C=N–C) groups is 1. The monoisotopic (exact) mass is 252 g/mol. The van der Waals surface area contributed by atoms with Gasteiger partial charge < -0.3 is 5.11 Å². The first kappa shape index (κ1) is 11.6. The summed E-state index contributed by atoms with van der Waals surface area (Å²) in [5.41, 5.74) is 4.75. The predicted octanol–water partition coefficient (Wildman–Crippen LogP) is 2.77. The average molecular weight is 252 g/mol. The van der Waals surface area contributed by atoms with Crippen molar-refractivity contribution in [3.05, 3.63) is 58.9 Å². The molecule has 4 heteroatoms. The minimum atomic E-state index is -0.940. The summed E-state index contributed by atoms with van der Waals surface area (Å²) in [6.07, 6.45) is 4.17. The zero-order chi connectivity index (χ0) is 13.4. The lowest BCUT2D eigenvalue weighted by Gasteiger charge is -2.03. The second-order valence-electron chi connectivity index (χ2n) is 4.54. The number of pyridine rings is 1. The van der Waals surface area contributed by atoms with E-state index in [0.29, 0.717) is 12.1 Å². The molecule has 1 aliphatic heterocycles. The third kappa shape index (κ3) is 1.91. The van der Waals surface area contributed by atoms with Gasteiger partial charge in [0.05, 0.1) is 17.0 Å². The van der Waals surface area contributed by atoms with Gasteiger partial charge in [0.1, 0.15) is 0 Å². The van der Waals surface area contributed by atoms with E-state index in [1.54, 1.807) is 24.5 Å². The molecule has 0 bridgehead atoms. The van der Waals surface area contributed by atoms with E-state index in [0.717, 1.165) is 22.4 Å². The van der Waals surface area contributed by atoms with Crippen molar-refractivity contribution in [2.75, 3.05) is 0 Å². The maximum atomic E-state index is 11.2. The molecule has 1 aromatic heterocycles. The fourth-order valence-corrected chi connectivity index (χ4v) is 2.32. The van der Waals surface area contributed by atoms with Gasteiger partial charge in [-0.15, -0.1) is 0 Å². The van der Waals surface area contributed by atoms with Gasteiger partial charge >= 0.3 is 5.97 Å². The third-order valence-corrected chi connectivity index (χ3v) is 3.30. The van der Waals surface area contributed by atoms with E-state index in [2.05, 4.69) is 9.98 Å². The van der Waals surface area contributed by atoms with Gasteiger partial charge in [-0.25, -0.2) is 4.79 Å². The second-order valence-corrected chi connectivity index (χ2v) is 4.54. The molecule has 94 valence electrons. The fourth-order valence-electron chi connectivity index (χ4n) is 2.32. The molecule has 0 aliphatic carbocycles. The van der Waals surface area contributed by atoms with Crippen LogP contribution in [0.4, 0.5) is 5.69 Å². The number of nitrogens with zero attached hydrogens (tertiary/aromatic N) is 2. The standard InChI is InChI=1S/C15H12N2O2/c1-9-5-6-16-8-12(9)13-7-10-3-2-4-11(15(18)19)14(10)17-13/h2-6,8H,7H2,1H3,(H,18,19). The highest BCUT2D eigenvalue weighted by Crippen LogP contribution is 2.32. The highest BCUT2D eigenvalue weighted by molar-refractivity contribution is 6.09. The summed E-state index contributed by atoms with van der Waals surface area (Å²) in [4.78, 5) is 19.8. The highest BCUT2D eigenvalue weighted by Gasteiger charge is 2.22. The molecule has 0 saturated heterocycles. The molecular formula is C15H12N2O2. The molecule has 1 aliphatic rings. The molecule has 0 fully saturated rings. The van der Waals surface area contributed by atoms with Gasteiger partial charge in [-0.3, -0.25) is 9.98 Å². The van der Waals surface area contributed by atoms with Crippen molar-refractivity contribution in [2.45, 2.75) is 13.3 Å². The Kier molecular flexibility index (Phi) is 2.63. The average Bonchev–Trinajstić information content (AvgIpc) is 2.82. The number of hydrogen-bond donors (Lipinski definition) is 1. The van der Waals surface area contributed by atoms with Crippen LogP contribution in [0.2, 0.25) is 0 Å². The lowest BCUT2D eigenvalue weighted by atomic mass is 10.0. The van der Waals surface area contributed by atoms with Crippen LogP contribution in [-0.2, 0) is 6.42 Å². The maximum Gasteiger partial charge on any atom is 0.337 e. The van der Waals surface area contributed by atoms with Gasteiger partial charge in [0.25, 0.3) is 0 Å². The molecule has 2 aromatic rings. The van der Waals surface area contributed by atoms with Crippen LogP contribution >= 0.6 is 0 Å². The molecule has 1 aromatic carbocycles. The Balaban J connectivity index is 2.11. The SMILES string of the molecule is Cc1ccncc1C1=Nc2c(cccc2C(=O)O)C1. The van der Waals surface area contributed by atoms with Crippen molar-refractivity contribution < 1.29 is 9.90 Å². The Morgan fingerprint density at radius 3 is 2.89 bits per heavy atom. The van der Waals surface area contributed by atoms with E-state index in [1.807, 2.05) is 19.1 Å². The first-order chi connectivity index (χ1) is 9.16. The van der Waals surface area contributed by atoms with Crippen LogP contribution in [0, 0.1) is 6.92 Å². The summed E-state index contributed by atoms with van der Waals surface area (Å²) in [5, 5.41) is 9.18. The number of rotatable bonds is 2. The van der Waals surface area contributed by atoms with E-state index in [9.17, 15) is 9.90 Å². The molecule has 19 heavy (non-hydrogen) atoms. The number of carbonyl (C=O) groups is 1. The van der Waals surface area contributed by atoms with Crippen molar-refractivity contribution in [2.24, 2.45) is 4.99 Å². The summed E-state index contributed by atoms with van der Waals surface area (Å²) >= 11 is 0. The molecule has 1 N–H and O–H groups in total. The Labute approximate surface area is 110 Å². The molecular weight excluding hydrogens is 240 g/mol. The largest absolute Gasteiger partial charge is 0.478 e. The first-order valence-corrected chi connectivity index (χ1v) is 6.00. The van der Waals surface area contributed by atoms with Crippen LogP contribution in [0.25, 0.3) is 0 Å². The lowest BCUT2D eigenvalue weighted by Crippen LogP contribution is -2.03. The number of fused-ring (bicyclic) bond motifs is 1. The van der Waals surface area contributed by atoms with Crippen molar-refractivity contribution >= 4 is 17.4 Å². The number of para-hydroxylation sites is 1. The van der Waals surface area contributed by atoms with Crippen molar-refractivity contribution in [1.82, 2.24) is 4.98 Å².